The van der Waals surface area contributed by atoms with Gasteiger partial charge in [0.1, 0.15) is 0 Å². The molecule has 0 amide bonds. The van der Waals surface area contributed by atoms with Crippen LogP contribution in [0.5, 0.6) is 0 Å². The molecule has 0 aliphatic rings. The molecule has 0 aliphatic heterocycles. The smallest absolute Gasteiger partial charge is 0.337 e. The first kappa shape index (κ1) is 9.67. The number of nitrogens with one attached hydrogen (secondary N) is 1. The largest absolute Gasteiger partial charge is 0.465 e. The third-order valence-corrected chi connectivity index (χ3v) is 1.65. The van der Waals surface area contributed by atoms with E-state index in [0.717, 1.165) is 5.56 Å². The van der Waals surface area contributed by atoms with Crippen molar-refractivity contribution >= 4 is 5.97 Å². The number of methoxy groups -OCH3 is 1. The summed E-state index contributed by atoms with van der Waals surface area (Å²) in [6.07, 6.45) is 0. The molecule has 0 radical (unpaired) electrons. The predicted octanol–water partition coefficient (Wildman–Crippen LogP) is 1.45. The van der Waals surface area contributed by atoms with Crippen LogP contribution in [0, 0.1) is 0 Å². The number of halogens is 1. The van der Waals surface area contributed by atoms with Crippen LogP contribution in [0.25, 0.3) is 0 Å². The molecule has 0 atom stereocenters. The van der Waals surface area contributed by atoms with Crippen molar-refractivity contribution in [1.29, 1.82) is 0 Å². The third-order valence-electron chi connectivity index (χ3n) is 1.65. The summed E-state index contributed by atoms with van der Waals surface area (Å²) in [7, 11) is 1.32. The molecule has 0 fully saturated rings. The molecule has 1 rings (SSSR count). The Kier molecular flexibility index (Phi) is 3.40. The summed E-state index contributed by atoms with van der Waals surface area (Å²) in [5.41, 5.74) is 2.77. The highest BCUT2D eigenvalue weighted by molar-refractivity contribution is 5.89. The van der Waals surface area contributed by atoms with E-state index in [4.69, 9.17) is 0 Å². The molecule has 0 bridgehead atoms. The van der Waals surface area contributed by atoms with Crippen molar-refractivity contribution in [3.8, 4) is 0 Å². The lowest BCUT2D eigenvalue weighted by Gasteiger charge is -2.00. The Morgan fingerprint density at radius 2 is 2.08 bits per heavy atom. The van der Waals surface area contributed by atoms with Gasteiger partial charge in [-0.1, -0.05) is 12.1 Å². The molecule has 1 N–H and O–H groups in total. The SMILES string of the molecule is COC(=O)c1ccc(CNF)cc1. The molecule has 0 spiro atoms. The van der Waals surface area contributed by atoms with E-state index in [2.05, 4.69) is 4.74 Å². The molecule has 0 saturated carbocycles. The van der Waals surface area contributed by atoms with Gasteiger partial charge in [0.25, 0.3) is 0 Å². The van der Waals surface area contributed by atoms with Crippen LogP contribution in [-0.2, 0) is 11.3 Å². The fourth-order valence-electron chi connectivity index (χ4n) is 0.954. The van der Waals surface area contributed by atoms with Crippen molar-refractivity contribution in [2.75, 3.05) is 7.11 Å². The Bertz CT molecular complexity index is 284. The van der Waals surface area contributed by atoms with Crippen molar-refractivity contribution in [3.05, 3.63) is 35.4 Å². The fourth-order valence-corrected chi connectivity index (χ4v) is 0.954. The van der Waals surface area contributed by atoms with Gasteiger partial charge in [0.15, 0.2) is 0 Å². The van der Waals surface area contributed by atoms with E-state index >= 15 is 0 Å². The average Bonchev–Trinajstić information content (AvgIpc) is 2.18. The number of carbonyl (C=O) groups excluding carboxylic acids is 1. The zero-order valence-electron chi connectivity index (χ0n) is 7.21. The molecule has 3 nitrogen and oxygen atoms in total. The fraction of sp³-hybridized carbons (Fsp3) is 0.222. The monoisotopic (exact) mass is 183 g/mol. The minimum absolute atomic E-state index is 0.140. The highest BCUT2D eigenvalue weighted by Gasteiger charge is 2.03. The summed E-state index contributed by atoms with van der Waals surface area (Å²) in [5.74, 6) is -0.389. The van der Waals surface area contributed by atoms with Crippen LogP contribution in [0.3, 0.4) is 0 Å². The number of benzene rings is 1. The van der Waals surface area contributed by atoms with Gasteiger partial charge in [-0.3, -0.25) is 0 Å². The van der Waals surface area contributed by atoms with Crippen molar-refractivity contribution < 1.29 is 14.0 Å². The van der Waals surface area contributed by atoms with E-state index in [1.807, 2.05) is 0 Å². The quantitative estimate of drug-likeness (QED) is 0.569. The molecule has 0 unspecified atom stereocenters. The maximum Gasteiger partial charge on any atom is 0.337 e. The van der Waals surface area contributed by atoms with Gasteiger partial charge >= 0.3 is 5.97 Å². The lowest BCUT2D eigenvalue weighted by Crippen LogP contribution is -2.03. The summed E-state index contributed by atoms with van der Waals surface area (Å²) in [6, 6.07) is 6.52. The summed E-state index contributed by atoms with van der Waals surface area (Å²) < 4.78 is 16.2. The highest BCUT2D eigenvalue weighted by atomic mass is 19.2. The Morgan fingerprint density at radius 1 is 1.46 bits per heavy atom. The molecule has 70 valence electrons. The normalized spacial score (nSPS) is 9.69. The van der Waals surface area contributed by atoms with Crippen molar-refractivity contribution in [3.63, 3.8) is 0 Å². The van der Waals surface area contributed by atoms with Crippen LogP contribution >= 0.6 is 0 Å². The number of carbonyl (C=O) groups is 1. The standard InChI is InChI=1S/C9H10FNO2/c1-13-9(12)8-4-2-7(3-5-8)6-11-10/h2-5,11H,6H2,1H3. The Hall–Kier alpha value is -1.42. The lowest BCUT2D eigenvalue weighted by atomic mass is 10.1. The van der Waals surface area contributed by atoms with Crippen molar-refractivity contribution in [2.24, 2.45) is 0 Å². The van der Waals surface area contributed by atoms with Gasteiger partial charge in [0, 0.05) is 0 Å². The van der Waals surface area contributed by atoms with Crippen LogP contribution < -0.4 is 5.54 Å². The van der Waals surface area contributed by atoms with Crippen molar-refractivity contribution in [2.45, 2.75) is 6.54 Å². The summed E-state index contributed by atoms with van der Waals surface area (Å²) in [6.45, 7) is 0.140. The average molecular weight is 183 g/mol. The van der Waals surface area contributed by atoms with Crippen LogP contribution in [0.15, 0.2) is 24.3 Å². The number of ether oxygens (including phenoxy) is 1. The molecule has 13 heavy (non-hydrogen) atoms. The molecular formula is C9H10FNO2. The van der Waals surface area contributed by atoms with Gasteiger partial charge < -0.3 is 4.74 Å². The maximum atomic E-state index is 11.7. The second-order valence-corrected chi connectivity index (χ2v) is 2.50. The zero-order chi connectivity index (χ0) is 9.68. The number of hydrogen-bond donors (Lipinski definition) is 1. The molecule has 1 aromatic carbocycles. The Morgan fingerprint density at radius 3 is 2.54 bits per heavy atom. The second-order valence-electron chi connectivity index (χ2n) is 2.50. The molecule has 0 heterocycles. The summed E-state index contributed by atoms with van der Waals surface area (Å²) in [4.78, 5) is 11.0. The first-order valence-corrected chi connectivity index (χ1v) is 3.78. The molecule has 1 aromatic rings. The molecule has 4 heteroatoms. The first-order chi connectivity index (χ1) is 6.27. The van der Waals surface area contributed by atoms with Gasteiger partial charge in [-0.05, 0) is 17.7 Å². The summed E-state index contributed by atoms with van der Waals surface area (Å²) in [5, 5.41) is 0. The van der Waals surface area contributed by atoms with Crippen LogP contribution in [0.1, 0.15) is 15.9 Å². The van der Waals surface area contributed by atoms with E-state index in [9.17, 15) is 9.28 Å². The van der Waals surface area contributed by atoms with E-state index < -0.39 is 0 Å². The van der Waals surface area contributed by atoms with Crippen LogP contribution in [0.2, 0.25) is 0 Å². The molecule has 0 aliphatic carbocycles. The van der Waals surface area contributed by atoms with E-state index in [1.54, 1.807) is 24.3 Å². The van der Waals surface area contributed by atoms with Gasteiger partial charge in [0.2, 0.25) is 0 Å². The first-order valence-electron chi connectivity index (χ1n) is 3.78. The second kappa shape index (κ2) is 4.57. The summed E-state index contributed by atoms with van der Waals surface area (Å²) >= 11 is 0. The number of esters is 1. The minimum atomic E-state index is -0.389. The molecule has 0 aromatic heterocycles. The number of rotatable bonds is 3. The Labute approximate surface area is 75.5 Å². The maximum absolute atomic E-state index is 11.7. The predicted molar refractivity (Wildman–Crippen MR) is 45.7 cm³/mol. The van der Waals surface area contributed by atoms with Crippen LogP contribution in [-0.4, -0.2) is 13.1 Å². The molecule has 0 saturated heterocycles. The minimum Gasteiger partial charge on any atom is -0.465 e. The van der Waals surface area contributed by atoms with E-state index in [1.165, 1.54) is 12.6 Å². The van der Waals surface area contributed by atoms with E-state index in [-0.39, 0.29) is 12.5 Å². The van der Waals surface area contributed by atoms with Gasteiger partial charge in [-0.2, -0.15) is 5.54 Å². The van der Waals surface area contributed by atoms with Gasteiger partial charge in [-0.15, -0.1) is 4.48 Å². The Balaban J connectivity index is 2.75. The lowest BCUT2D eigenvalue weighted by molar-refractivity contribution is 0.0600. The van der Waals surface area contributed by atoms with E-state index in [0.29, 0.717) is 5.56 Å². The van der Waals surface area contributed by atoms with Gasteiger partial charge in [0.05, 0.1) is 19.2 Å². The van der Waals surface area contributed by atoms with Crippen molar-refractivity contribution in [1.82, 2.24) is 5.54 Å². The van der Waals surface area contributed by atoms with Crippen LogP contribution in [0.4, 0.5) is 4.48 Å². The highest BCUT2D eigenvalue weighted by Crippen LogP contribution is 2.05. The van der Waals surface area contributed by atoms with Gasteiger partial charge in [-0.25, -0.2) is 4.79 Å². The topological polar surface area (TPSA) is 38.3 Å². The third kappa shape index (κ3) is 2.52. The molecular weight excluding hydrogens is 173 g/mol. The zero-order valence-corrected chi connectivity index (χ0v) is 7.21. The number of hydrogen-bond acceptors (Lipinski definition) is 3.